The summed E-state index contributed by atoms with van der Waals surface area (Å²) in [6.07, 6.45) is 14.1. The highest BCUT2D eigenvalue weighted by Crippen LogP contribution is 2.45. The fourth-order valence-corrected chi connectivity index (χ4v) is 3.30. The van der Waals surface area contributed by atoms with Crippen molar-refractivity contribution in [3.63, 3.8) is 0 Å². The van der Waals surface area contributed by atoms with Gasteiger partial charge >= 0.3 is 5.97 Å². The van der Waals surface area contributed by atoms with Gasteiger partial charge in [-0.2, -0.15) is 0 Å². The Bertz CT molecular complexity index is 375. The second kappa shape index (κ2) is 7.48. The Balaban J connectivity index is 1.77. The van der Waals surface area contributed by atoms with Gasteiger partial charge in [0.15, 0.2) is 0 Å². The fourth-order valence-electron chi connectivity index (χ4n) is 3.30. The molecule has 0 aromatic heterocycles. The van der Waals surface area contributed by atoms with E-state index < -0.39 is 5.97 Å². The summed E-state index contributed by atoms with van der Waals surface area (Å²) in [6, 6.07) is 0. The number of fused-ring (bicyclic) bond motifs is 2. The third-order valence-corrected chi connectivity index (χ3v) is 4.26. The molecule has 2 rings (SSSR count). The lowest BCUT2D eigenvalue weighted by Crippen LogP contribution is -2.25. The number of unbranched alkanes of at least 4 members (excludes halogenated alkanes) is 1. The first-order chi connectivity index (χ1) is 9.72. The summed E-state index contributed by atoms with van der Waals surface area (Å²) in [4.78, 5) is 10.4. The zero-order valence-electron chi connectivity index (χ0n) is 12.0. The predicted octanol–water partition coefficient (Wildman–Crippen LogP) is 3.14. The van der Waals surface area contributed by atoms with E-state index in [0.717, 1.165) is 19.3 Å². The Labute approximate surface area is 120 Å². The second-order valence-corrected chi connectivity index (χ2v) is 5.59. The van der Waals surface area contributed by atoms with Crippen molar-refractivity contribution in [2.45, 2.75) is 50.7 Å². The van der Waals surface area contributed by atoms with Crippen LogP contribution in [0.5, 0.6) is 0 Å². The van der Waals surface area contributed by atoms with Gasteiger partial charge in [0.25, 0.3) is 0 Å². The van der Waals surface area contributed by atoms with Crippen LogP contribution in [-0.4, -0.2) is 30.4 Å². The van der Waals surface area contributed by atoms with Crippen LogP contribution in [0.1, 0.15) is 38.5 Å². The number of carboxylic acid groups (broad SMARTS) is 1. The molecule has 0 unspecified atom stereocenters. The van der Waals surface area contributed by atoms with E-state index in [9.17, 15) is 4.79 Å². The van der Waals surface area contributed by atoms with Crippen molar-refractivity contribution in [1.82, 2.24) is 0 Å². The number of aliphatic carboxylic acids is 1. The van der Waals surface area contributed by atoms with Gasteiger partial charge in [-0.05, 0) is 44.1 Å². The number of hydrogen-bond acceptors (Lipinski definition) is 3. The molecule has 0 radical (unpaired) electrons. The lowest BCUT2D eigenvalue weighted by atomic mass is 9.77. The van der Waals surface area contributed by atoms with Gasteiger partial charge in [-0.25, -0.2) is 0 Å². The van der Waals surface area contributed by atoms with Gasteiger partial charge in [-0.1, -0.05) is 12.2 Å². The molecule has 2 aliphatic rings. The lowest BCUT2D eigenvalue weighted by Gasteiger charge is -2.24. The molecule has 0 aromatic carbocycles. The first-order valence-electron chi connectivity index (χ1n) is 7.44. The molecule has 2 fully saturated rings. The van der Waals surface area contributed by atoms with Crippen LogP contribution in [0.4, 0.5) is 0 Å². The van der Waals surface area contributed by atoms with Gasteiger partial charge in [0, 0.05) is 12.3 Å². The van der Waals surface area contributed by atoms with Crippen molar-refractivity contribution < 1.29 is 19.4 Å². The topological polar surface area (TPSA) is 55.8 Å². The summed E-state index contributed by atoms with van der Waals surface area (Å²) in [5.74, 6) is 0.276. The lowest BCUT2D eigenvalue weighted by molar-refractivity contribution is -0.137. The average molecular weight is 280 g/mol. The van der Waals surface area contributed by atoms with Gasteiger partial charge in [0.05, 0.1) is 25.6 Å². The van der Waals surface area contributed by atoms with Gasteiger partial charge in [-0.15, -0.1) is 0 Å². The van der Waals surface area contributed by atoms with Crippen molar-refractivity contribution in [2.24, 2.45) is 11.8 Å². The van der Waals surface area contributed by atoms with Crippen molar-refractivity contribution in [1.29, 1.82) is 0 Å². The molecule has 2 heterocycles. The van der Waals surface area contributed by atoms with Crippen LogP contribution in [0, 0.1) is 11.8 Å². The molecule has 4 nitrogen and oxygen atoms in total. The quantitative estimate of drug-likeness (QED) is 0.421. The molecule has 112 valence electrons. The molecule has 20 heavy (non-hydrogen) atoms. The van der Waals surface area contributed by atoms with Crippen LogP contribution in [-0.2, 0) is 14.3 Å². The third kappa shape index (κ3) is 3.85. The normalized spacial score (nSPS) is 32.5. The molecule has 2 saturated heterocycles. The molecule has 0 saturated carbocycles. The van der Waals surface area contributed by atoms with Gasteiger partial charge in [-0.3, -0.25) is 4.79 Å². The smallest absolute Gasteiger partial charge is 0.303 e. The minimum atomic E-state index is -0.718. The van der Waals surface area contributed by atoms with Crippen LogP contribution in [0.2, 0.25) is 0 Å². The number of carboxylic acids is 1. The van der Waals surface area contributed by atoms with E-state index in [1.165, 1.54) is 6.42 Å². The standard InChI is InChI=1S/C16H24O4/c1-19-11-10-13-12(14-8-9-15(13)20-14)6-4-2-3-5-7-16(17)18/h2,4,10-15H,3,5-9H2,1H3,(H,17,18)/b4-2-,11-10?/t12-,13+,14-,15+/m1/s1. The van der Waals surface area contributed by atoms with E-state index in [2.05, 4.69) is 18.2 Å². The van der Waals surface area contributed by atoms with Crippen molar-refractivity contribution in [3.05, 3.63) is 24.5 Å². The molecular formula is C16H24O4. The SMILES string of the molecule is COC=C[C@H]1[C@@H](C/C=C\CCCC(=O)O)[C@H]2CC[C@@H]1O2. The third-order valence-electron chi connectivity index (χ3n) is 4.26. The molecule has 2 aliphatic heterocycles. The van der Waals surface area contributed by atoms with E-state index in [4.69, 9.17) is 14.6 Å². The second-order valence-electron chi connectivity index (χ2n) is 5.59. The number of ether oxygens (including phenoxy) is 2. The zero-order valence-corrected chi connectivity index (χ0v) is 12.0. The van der Waals surface area contributed by atoms with E-state index in [0.29, 0.717) is 30.5 Å². The minimum Gasteiger partial charge on any atom is -0.505 e. The van der Waals surface area contributed by atoms with Crippen molar-refractivity contribution >= 4 is 5.97 Å². The highest BCUT2D eigenvalue weighted by Gasteiger charge is 2.46. The number of rotatable bonds is 8. The predicted molar refractivity (Wildman–Crippen MR) is 76.3 cm³/mol. The van der Waals surface area contributed by atoms with E-state index in [1.54, 1.807) is 13.4 Å². The first kappa shape index (κ1) is 15.1. The Hall–Kier alpha value is -1.29. The minimum absolute atomic E-state index is 0.251. The highest BCUT2D eigenvalue weighted by atomic mass is 16.5. The maximum atomic E-state index is 10.4. The molecule has 4 atom stereocenters. The molecule has 2 bridgehead atoms. The Morgan fingerprint density at radius 1 is 1.35 bits per heavy atom. The number of allylic oxidation sites excluding steroid dienone is 2. The molecule has 4 heteroatoms. The Morgan fingerprint density at radius 2 is 2.15 bits per heavy atom. The molecule has 0 aromatic rings. The first-order valence-corrected chi connectivity index (χ1v) is 7.44. The summed E-state index contributed by atoms with van der Waals surface area (Å²) >= 11 is 0. The van der Waals surface area contributed by atoms with Crippen LogP contribution in [0.25, 0.3) is 0 Å². The van der Waals surface area contributed by atoms with E-state index >= 15 is 0 Å². The fraction of sp³-hybridized carbons (Fsp3) is 0.688. The van der Waals surface area contributed by atoms with Crippen molar-refractivity contribution in [3.8, 4) is 0 Å². The van der Waals surface area contributed by atoms with Crippen LogP contribution < -0.4 is 0 Å². The summed E-state index contributed by atoms with van der Waals surface area (Å²) in [7, 11) is 1.67. The van der Waals surface area contributed by atoms with Crippen LogP contribution >= 0.6 is 0 Å². The van der Waals surface area contributed by atoms with Gasteiger partial charge in [0.1, 0.15) is 0 Å². The summed E-state index contributed by atoms with van der Waals surface area (Å²) in [5.41, 5.74) is 0. The van der Waals surface area contributed by atoms with Gasteiger partial charge in [0.2, 0.25) is 0 Å². The number of methoxy groups -OCH3 is 1. The summed E-state index contributed by atoms with van der Waals surface area (Å²) < 4.78 is 11.0. The summed E-state index contributed by atoms with van der Waals surface area (Å²) in [6.45, 7) is 0. The molecule has 0 amide bonds. The molecule has 0 spiro atoms. The molecular weight excluding hydrogens is 256 g/mol. The highest BCUT2D eigenvalue weighted by molar-refractivity contribution is 5.66. The monoisotopic (exact) mass is 280 g/mol. The van der Waals surface area contributed by atoms with Crippen molar-refractivity contribution in [2.75, 3.05) is 7.11 Å². The zero-order chi connectivity index (χ0) is 14.4. The van der Waals surface area contributed by atoms with E-state index in [-0.39, 0.29) is 6.42 Å². The Kier molecular flexibility index (Phi) is 5.65. The van der Waals surface area contributed by atoms with Gasteiger partial charge < -0.3 is 14.6 Å². The summed E-state index contributed by atoms with van der Waals surface area (Å²) in [5, 5.41) is 8.57. The maximum Gasteiger partial charge on any atom is 0.303 e. The average Bonchev–Trinajstić information content (AvgIpc) is 3.01. The Morgan fingerprint density at radius 3 is 2.90 bits per heavy atom. The maximum absolute atomic E-state index is 10.4. The number of hydrogen-bond donors (Lipinski definition) is 1. The van der Waals surface area contributed by atoms with E-state index in [1.807, 2.05) is 0 Å². The molecule has 0 aliphatic carbocycles. The largest absolute Gasteiger partial charge is 0.505 e. The molecule has 1 N–H and O–H groups in total. The van der Waals surface area contributed by atoms with Crippen LogP contribution in [0.15, 0.2) is 24.5 Å². The number of carbonyl (C=O) groups is 1. The van der Waals surface area contributed by atoms with Crippen LogP contribution in [0.3, 0.4) is 0 Å².